The zero-order valence-electron chi connectivity index (χ0n) is 13.3. The topological polar surface area (TPSA) is 79.7 Å². The van der Waals surface area contributed by atoms with E-state index >= 15 is 0 Å². The molecule has 1 fully saturated rings. The maximum absolute atomic E-state index is 12.2. The summed E-state index contributed by atoms with van der Waals surface area (Å²) in [6.07, 6.45) is 4.14. The maximum Gasteiger partial charge on any atom is 0.330 e. The summed E-state index contributed by atoms with van der Waals surface area (Å²) >= 11 is 0. The lowest BCUT2D eigenvalue weighted by Gasteiger charge is -2.14. The van der Waals surface area contributed by atoms with Gasteiger partial charge >= 0.3 is 5.97 Å². The molecule has 3 heterocycles. The number of esters is 1. The minimum atomic E-state index is -0.438. The van der Waals surface area contributed by atoms with E-state index in [1.54, 1.807) is 35.9 Å². The molecule has 0 N–H and O–H groups in total. The molecule has 0 bridgehead atoms. The summed E-state index contributed by atoms with van der Waals surface area (Å²) in [5.41, 5.74) is 1.88. The van der Waals surface area contributed by atoms with Gasteiger partial charge in [-0.05, 0) is 30.7 Å². The summed E-state index contributed by atoms with van der Waals surface area (Å²) in [4.78, 5) is 28.0. The number of pyridine rings is 2. The zero-order valence-corrected chi connectivity index (χ0v) is 13.3. The van der Waals surface area contributed by atoms with Gasteiger partial charge < -0.3 is 18.8 Å². The number of ether oxygens (including phenoxy) is 3. The predicted octanol–water partition coefficient (Wildman–Crippen LogP) is 1.35. The standard InChI is InChI=1S/C17H18N2O5/c1-2-22-16(21)6-3-12-9-14-13(18-10-12)4-5-15(20)19(14)11-17-23-7-8-24-17/h3-6,9-10,17H,2,7-8,11H2,1H3. The number of carbonyl (C=O) groups is 1. The molecule has 0 unspecified atom stereocenters. The molecule has 7 heteroatoms. The molecular weight excluding hydrogens is 312 g/mol. The highest BCUT2D eigenvalue weighted by molar-refractivity contribution is 5.88. The van der Waals surface area contributed by atoms with Gasteiger partial charge in [-0.25, -0.2) is 4.79 Å². The van der Waals surface area contributed by atoms with Crippen molar-refractivity contribution in [3.05, 3.63) is 46.4 Å². The van der Waals surface area contributed by atoms with Gasteiger partial charge in [0, 0.05) is 18.3 Å². The van der Waals surface area contributed by atoms with Gasteiger partial charge in [0.2, 0.25) is 0 Å². The van der Waals surface area contributed by atoms with Crippen LogP contribution in [-0.2, 0) is 25.5 Å². The van der Waals surface area contributed by atoms with Crippen LogP contribution in [0.5, 0.6) is 0 Å². The van der Waals surface area contributed by atoms with E-state index in [4.69, 9.17) is 14.2 Å². The third-order valence-electron chi connectivity index (χ3n) is 3.58. The Morgan fingerprint density at radius 2 is 2.21 bits per heavy atom. The largest absolute Gasteiger partial charge is 0.463 e. The Balaban J connectivity index is 1.94. The molecule has 2 aromatic rings. The Bertz CT molecular complexity index is 821. The molecule has 7 nitrogen and oxygen atoms in total. The average molecular weight is 330 g/mol. The highest BCUT2D eigenvalue weighted by atomic mass is 16.7. The maximum atomic E-state index is 12.2. The number of rotatable bonds is 5. The molecule has 1 saturated heterocycles. The first-order valence-corrected chi connectivity index (χ1v) is 7.75. The van der Waals surface area contributed by atoms with Gasteiger partial charge in [0.15, 0.2) is 6.29 Å². The predicted molar refractivity (Wildman–Crippen MR) is 87.4 cm³/mol. The Morgan fingerprint density at radius 3 is 2.96 bits per heavy atom. The van der Waals surface area contributed by atoms with Crippen LogP contribution in [0.4, 0.5) is 0 Å². The molecule has 1 aliphatic rings. The lowest BCUT2D eigenvalue weighted by molar-refractivity contribution is -0.137. The van der Waals surface area contributed by atoms with Crippen molar-refractivity contribution in [2.75, 3.05) is 19.8 Å². The summed E-state index contributed by atoms with van der Waals surface area (Å²) in [6.45, 7) is 3.41. The molecule has 2 aromatic heterocycles. The molecule has 0 atom stereocenters. The quantitative estimate of drug-likeness (QED) is 0.608. The van der Waals surface area contributed by atoms with Gasteiger partial charge in [-0.1, -0.05) is 0 Å². The molecule has 1 aliphatic heterocycles. The summed E-state index contributed by atoms with van der Waals surface area (Å²) in [6, 6.07) is 4.94. The first-order valence-electron chi connectivity index (χ1n) is 7.75. The van der Waals surface area contributed by atoms with Gasteiger partial charge in [-0.3, -0.25) is 9.78 Å². The van der Waals surface area contributed by atoms with Crippen LogP contribution in [0.1, 0.15) is 12.5 Å². The number of fused-ring (bicyclic) bond motifs is 1. The molecule has 126 valence electrons. The van der Waals surface area contributed by atoms with Crippen molar-refractivity contribution < 1.29 is 19.0 Å². The number of hydrogen-bond donors (Lipinski definition) is 0. The fraction of sp³-hybridized carbons (Fsp3) is 0.353. The van der Waals surface area contributed by atoms with Crippen LogP contribution >= 0.6 is 0 Å². The van der Waals surface area contributed by atoms with Gasteiger partial charge in [0.1, 0.15) is 0 Å². The summed E-state index contributed by atoms with van der Waals surface area (Å²) in [5.74, 6) is -0.421. The van der Waals surface area contributed by atoms with Gasteiger partial charge in [0.05, 0.1) is 37.4 Å². The van der Waals surface area contributed by atoms with Gasteiger partial charge in [0.25, 0.3) is 5.56 Å². The molecule has 0 amide bonds. The van der Waals surface area contributed by atoms with Crippen LogP contribution in [0.3, 0.4) is 0 Å². The highest BCUT2D eigenvalue weighted by Gasteiger charge is 2.18. The van der Waals surface area contributed by atoms with E-state index in [0.29, 0.717) is 43.0 Å². The fourth-order valence-corrected chi connectivity index (χ4v) is 2.48. The first-order chi connectivity index (χ1) is 11.7. The lowest BCUT2D eigenvalue weighted by atomic mass is 10.2. The first kappa shape index (κ1) is 16.4. The van der Waals surface area contributed by atoms with E-state index in [2.05, 4.69) is 4.98 Å². The minimum Gasteiger partial charge on any atom is -0.463 e. The normalized spacial score (nSPS) is 15.4. The SMILES string of the molecule is CCOC(=O)C=Cc1cnc2ccc(=O)n(CC3OCCO3)c2c1. The van der Waals surface area contributed by atoms with Gasteiger partial charge in [-0.15, -0.1) is 0 Å². The van der Waals surface area contributed by atoms with E-state index in [0.717, 1.165) is 0 Å². The highest BCUT2D eigenvalue weighted by Crippen LogP contribution is 2.15. The second-order valence-electron chi connectivity index (χ2n) is 5.21. The van der Waals surface area contributed by atoms with Crippen LogP contribution < -0.4 is 5.56 Å². The molecule has 3 rings (SSSR count). The van der Waals surface area contributed by atoms with E-state index in [-0.39, 0.29) is 5.56 Å². The van der Waals surface area contributed by atoms with E-state index in [1.165, 1.54) is 12.1 Å². The Hall–Kier alpha value is -2.51. The average Bonchev–Trinajstić information content (AvgIpc) is 3.09. The lowest BCUT2D eigenvalue weighted by Crippen LogP contribution is -2.27. The number of aromatic nitrogens is 2. The van der Waals surface area contributed by atoms with Crippen LogP contribution in [0, 0.1) is 0 Å². The molecule has 0 saturated carbocycles. The van der Waals surface area contributed by atoms with E-state index in [1.807, 2.05) is 0 Å². The van der Waals surface area contributed by atoms with Crippen molar-refractivity contribution in [1.82, 2.24) is 9.55 Å². The third kappa shape index (κ3) is 3.69. The Morgan fingerprint density at radius 1 is 1.42 bits per heavy atom. The van der Waals surface area contributed by atoms with Crippen molar-refractivity contribution in [1.29, 1.82) is 0 Å². The Kier molecular flexibility index (Phi) is 5.02. The smallest absolute Gasteiger partial charge is 0.330 e. The number of nitrogens with zero attached hydrogens (tertiary/aromatic N) is 2. The van der Waals surface area contributed by atoms with Crippen molar-refractivity contribution in [2.45, 2.75) is 19.8 Å². The van der Waals surface area contributed by atoms with E-state index < -0.39 is 12.3 Å². The summed E-state index contributed by atoms with van der Waals surface area (Å²) in [7, 11) is 0. The van der Waals surface area contributed by atoms with E-state index in [9.17, 15) is 9.59 Å². The van der Waals surface area contributed by atoms with Crippen molar-refractivity contribution in [3.63, 3.8) is 0 Å². The third-order valence-corrected chi connectivity index (χ3v) is 3.58. The molecule has 0 spiro atoms. The Labute approximate surface area is 138 Å². The monoisotopic (exact) mass is 330 g/mol. The molecular formula is C17H18N2O5. The van der Waals surface area contributed by atoms with Crippen molar-refractivity contribution in [3.8, 4) is 0 Å². The number of carbonyl (C=O) groups excluding carboxylic acids is 1. The van der Waals surface area contributed by atoms with Gasteiger partial charge in [-0.2, -0.15) is 0 Å². The minimum absolute atomic E-state index is 0.157. The fourth-order valence-electron chi connectivity index (χ4n) is 2.48. The zero-order chi connectivity index (χ0) is 16.9. The second kappa shape index (κ2) is 7.37. The number of hydrogen-bond acceptors (Lipinski definition) is 6. The summed E-state index contributed by atoms with van der Waals surface area (Å²) in [5, 5.41) is 0. The second-order valence-corrected chi connectivity index (χ2v) is 5.21. The van der Waals surface area contributed by atoms with Crippen molar-refractivity contribution in [2.24, 2.45) is 0 Å². The molecule has 0 aromatic carbocycles. The summed E-state index contributed by atoms with van der Waals surface area (Å²) < 4.78 is 17.3. The molecule has 24 heavy (non-hydrogen) atoms. The molecule has 0 radical (unpaired) electrons. The van der Waals surface area contributed by atoms with Crippen molar-refractivity contribution >= 4 is 23.1 Å². The van der Waals surface area contributed by atoms with Crippen LogP contribution in [0.15, 0.2) is 35.3 Å². The van der Waals surface area contributed by atoms with Crippen LogP contribution in [0.25, 0.3) is 17.1 Å². The molecule has 0 aliphatic carbocycles. The van der Waals surface area contributed by atoms with Crippen LogP contribution in [0.2, 0.25) is 0 Å². The van der Waals surface area contributed by atoms with Crippen LogP contribution in [-0.4, -0.2) is 41.6 Å².